The summed E-state index contributed by atoms with van der Waals surface area (Å²) in [5.41, 5.74) is 2.61. The average molecular weight is 424 g/mol. The predicted octanol–water partition coefficient (Wildman–Crippen LogP) is 5.49. The van der Waals surface area contributed by atoms with Crippen molar-refractivity contribution in [2.75, 3.05) is 0 Å². The van der Waals surface area contributed by atoms with Crippen LogP contribution in [-0.4, -0.2) is 14.8 Å². The van der Waals surface area contributed by atoms with Gasteiger partial charge in [0, 0.05) is 22.3 Å². The number of pyridine rings is 1. The van der Waals surface area contributed by atoms with Crippen LogP contribution in [-0.2, 0) is 6.61 Å². The first-order valence-electron chi connectivity index (χ1n) is 8.01. The van der Waals surface area contributed by atoms with Gasteiger partial charge in [-0.2, -0.15) is 5.10 Å². The second kappa shape index (κ2) is 7.35. The minimum atomic E-state index is 0.305. The molecule has 0 fully saturated rings. The molecule has 2 aromatic carbocycles. The third-order valence-corrected chi connectivity index (χ3v) is 4.77. The molecule has 0 N–H and O–H groups in total. The molecule has 0 aliphatic carbocycles. The second-order valence-corrected chi connectivity index (χ2v) is 7.05. The van der Waals surface area contributed by atoms with Crippen molar-refractivity contribution in [3.05, 3.63) is 87.7 Å². The van der Waals surface area contributed by atoms with Gasteiger partial charge in [-0.3, -0.25) is 4.98 Å². The molecule has 0 atom stereocenters. The molecule has 4 rings (SSSR count). The van der Waals surface area contributed by atoms with E-state index in [1.165, 1.54) is 0 Å². The van der Waals surface area contributed by atoms with Crippen LogP contribution in [0.15, 0.2) is 77.5 Å². The molecule has 0 unspecified atom stereocenters. The third kappa shape index (κ3) is 3.66. The van der Waals surface area contributed by atoms with Gasteiger partial charge in [-0.1, -0.05) is 40.3 Å². The van der Waals surface area contributed by atoms with Crippen molar-refractivity contribution in [2.24, 2.45) is 0 Å². The zero-order chi connectivity index (χ0) is 17.9. The molecule has 26 heavy (non-hydrogen) atoms. The van der Waals surface area contributed by atoms with Crippen LogP contribution >= 0.6 is 28.1 Å². The molecule has 0 bridgehead atoms. The van der Waals surface area contributed by atoms with E-state index in [-0.39, 0.29) is 0 Å². The second-order valence-electron chi connectivity index (χ2n) is 5.70. The van der Waals surface area contributed by atoms with Gasteiger partial charge in [0.05, 0.1) is 15.7 Å². The van der Waals surface area contributed by atoms with Gasteiger partial charge in [-0.25, -0.2) is 4.68 Å². The van der Waals surface area contributed by atoms with Crippen molar-refractivity contribution in [3.8, 4) is 11.4 Å². The van der Waals surface area contributed by atoms with Crippen LogP contribution in [0.2, 0.25) is 0 Å². The van der Waals surface area contributed by atoms with Crippen molar-refractivity contribution < 1.29 is 4.74 Å². The molecule has 128 valence electrons. The largest absolute Gasteiger partial charge is 0.487 e. The van der Waals surface area contributed by atoms with E-state index in [1.807, 2.05) is 66.9 Å². The number of hydrogen-bond acceptors (Lipinski definition) is 4. The van der Waals surface area contributed by atoms with Crippen molar-refractivity contribution in [3.63, 3.8) is 0 Å². The quantitative estimate of drug-likeness (QED) is 0.406. The standard InChI is InChI=1S/C20H14BrN3OS/c21-15-4-1-5-16(12-15)24-10-8-20(26)19(23-24)13-25-17-6-7-18-14(11-17)3-2-9-22-18/h1-12H,13H2. The van der Waals surface area contributed by atoms with E-state index in [9.17, 15) is 0 Å². The molecule has 0 saturated heterocycles. The number of aromatic nitrogens is 3. The fraction of sp³-hybridized carbons (Fsp3) is 0.0500. The molecule has 0 aliphatic heterocycles. The number of halogens is 1. The normalized spacial score (nSPS) is 10.8. The van der Waals surface area contributed by atoms with Crippen molar-refractivity contribution in [2.45, 2.75) is 6.61 Å². The minimum Gasteiger partial charge on any atom is -0.487 e. The summed E-state index contributed by atoms with van der Waals surface area (Å²) in [5, 5.41) is 5.65. The van der Waals surface area contributed by atoms with E-state index in [0.717, 1.165) is 26.8 Å². The maximum Gasteiger partial charge on any atom is 0.133 e. The molecule has 0 spiro atoms. The van der Waals surface area contributed by atoms with Gasteiger partial charge in [0.2, 0.25) is 0 Å². The summed E-state index contributed by atoms with van der Waals surface area (Å²) < 4.78 is 9.39. The summed E-state index contributed by atoms with van der Waals surface area (Å²) in [4.78, 5) is 4.32. The Hall–Kier alpha value is -2.57. The van der Waals surface area contributed by atoms with E-state index < -0.39 is 0 Å². The van der Waals surface area contributed by atoms with Gasteiger partial charge in [-0.15, -0.1) is 0 Å². The van der Waals surface area contributed by atoms with E-state index >= 15 is 0 Å². The molecule has 0 saturated carbocycles. The number of fused-ring (bicyclic) bond motifs is 1. The number of ether oxygens (including phenoxy) is 1. The Labute approximate surface area is 164 Å². The van der Waals surface area contributed by atoms with Gasteiger partial charge in [0.15, 0.2) is 0 Å². The first-order chi connectivity index (χ1) is 12.7. The lowest BCUT2D eigenvalue weighted by Gasteiger charge is -2.10. The summed E-state index contributed by atoms with van der Waals surface area (Å²) in [7, 11) is 0. The Morgan fingerprint density at radius 2 is 1.96 bits per heavy atom. The zero-order valence-corrected chi connectivity index (χ0v) is 16.1. The maximum absolute atomic E-state index is 5.92. The SMILES string of the molecule is S=c1ccn(-c2cccc(Br)c2)nc1COc1ccc2ncccc2c1. The molecule has 0 amide bonds. The topological polar surface area (TPSA) is 39.9 Å². The first kappa shape index (κ1) is 16.9. The Bertz CT molecular complexity index is 1140. The molecule has 0 radical (unpaired) electrons. The first-order valence-corrected chi connectivity index (χ1v) is 9.21. The number of nitrogens with zero attached hydrogens (tertiary/aromatic N) is 3. The van der Waals surface area contributed by atoms with Crippen LogP contribution in [0.5, 0.6) is 5.75 Å². The summed E-state index contributed by atoms with van der Waals surface area (Å²) in [6.07, 6.45) is 3.64. The fourth-order valence-corrected chi connectivity index (χ4v) is 3.15. The van der Waals surface area contributed by atoms with Gasteiger partial charge >= 0.3 is 0 Å². The van der Waals surface area contributed by atoms with E-state index in [0.29, 0.717) is 16.8 Å². The summed E-state index contributed by atoms with van der Waals surface area (Å²) >= 11 is 8.89. The lowest BCUT2D eigenvalue weighted by atomic mass is 10.2. The minimum absolute atomic E-state index is 0.305. The van der Waals surface area contributed by atoms with Gasteiger partial charge in [0.1, 0.15) is 18.1 Å². The molecule has 6 heteroatoms. The lowest BCUT2D eigenvalue weighted by Crippen LogP contribution is -2.07. The maximum atomic E-state index is 5.92. The summed E-state index contributed by atoms with van der Waals surface area (Å²) in [6.45, 7) is 0.305. The van der Waals surface area contributed by atoms with E-state index in [2.05, 4.69) is 26.0 Å². The van der Waals surface area contributed by atoms with E-state index in [4.69, 9.17) is 17.0 Å². The summed E-state index contributed by atoms with van der Waals surface area (Å²) in [5.74, 6) is 0.763. The number of hydrogen-bond donors (Lipinski definition) is 0. The van der Waals surface area contributed by atoms with Gasteiger partial charge < -0.3 is 4.74 Å². The Morgan fingerprint density at radius 1 is 1.04 bits per heavy atom. The molecule has 2 heterocycles. The molecular formula is C20H14BrN3OS. The van der Waals surface area contributed by atoms with Gasteiger partial charge in [-0.05, 0) is 48.5 Å². The van der Waals surface area contributed by atoms with Crippen LogP contribution in [0.4, 0.5) is 0 Å². The van der Waals surface area contributed by atoms with Crippen molar-refractivity contribution in [1.82, 2.24) is 14.8 Å². The van der Waals surface area contributed by atoms with Crippen LogP contribution in [0.3, 0.4) is 0 Å². The Morgan fingerprint density at radius 3 is 2.85 bits per heavy atom. The van der Waals surface area contributed by atoms with Gasteiger partial charge in [0.25, 0.3) is 0 Å². The van der Waals surface area contributed by atoms with Crippen molar-refractivity contribution in [1.29, 1.82) is 0 Å². The Balaban J connectivity index is 1.59. The fourth-order valence-electron chi connectivity index (χ4n) is 2.60. The molecule has 4 nitrogen and oxygen atoms in total. The van der Waals surface area contributed by atoms with Crippen LogP contribution < -0.4 is 4.74 Å². The average Bonchev–Trinajstić information content (AvgIpc) is 2.67. The smallest absolute Gasteiger partial charge is 0.133 e. The molecular weight excluding hydrogens is 410 g/mol. The number of benzene rings is 2. The Kier molecular flexibility index (Phi) is 4.77. The highest BCUT2D eigenvalue weighted by Gasteiger charge is 2.05. The monoisotopic (exact) mass is 423 g/mol. The number of rotatable bonds is 4. The lowest BCUT2D eigenvalue weighted by molar-refractivity contribution is 0.298. The zero-order valence-electron chi connectivity index (χ0n) is 13.7. The van der Waals surface area contributed by atoms with Crippen LogP contribution in [0.25, 0.3) is 16.6 Å². The highest BCUT2D eigenvalue weighted by atomic mass is 79.9. The predicted molar refractivity (Wildman–Crippen MR) is 108 cm³/mol. The molecule has 2 aromatic heterocycles. The molecule has 0 aliphatic rings. The highest BCUT2D eigenvalue weighted by molar-refractivity contribution is 9.10. The highest BCUT2D eigenvalue weighted by Crippen LogP contribution is 2.20. The third-order valence-electron chi connectivity index (χ3n) is 3.90. The van der Waals surface area contributed by atoms with Crippen molar-refractivity contribution >= 4 is 39.1 Å². The van der Waals surface area contributed by atoms with E-state index in [1.54, 1.807) is 10.9 Å². The van der Waals surface area contributed by atoms with Crippen LogP contribution in [0.1, 0.15) is 5.69 Å². The summed E-state index contributed by atoms with van der Waals surface area (Å²) in [6, 6.07) is 19.5. The molecule has 4 aromatic rings. The van der Waals surface area contributed by atoms with Crippen LogP contribution in [0, 0.1) is 4.51 Å².